The zero-order valence-corrected chi connectivity index (χ0v) is 9.29. The Morgan fingerprint density at radius 2 is 2.33 bits per heavy atom. The number of alkyl halides is 1. The number of aliphatic hydroxyl groups excluding tert-OH is 1. The number of hydrogen-bond donors (Lipinski definition) is 2. The van der Waals surface area contributed by atoms with Gasteiger partial charge in [0.25, 0.3) is 5.91 Å². The Kier molecular flexibility index (Phi) is 4.59. The standard InChI is InChI=1S/C11H14ClNO2/c1-8(14)7-13-11(15)10-4-2-3-9(5-10)6-12/h2-5,8,14H,6-7H2,1H3,(H,13,15). The van der Waals surface area contributed by atoms with Gasteiger partial charge in [0.15, 0.2) is 0 Å². The third-order valence-electron chi connectivity index (χ3n) is 1.90. The van der Waals surface area contributed by atoms with Crippen LogP contribution < -0.4 is 5.32 Å². The molecule has 0 saturated carbocycles. The van der Waals surface area contributed by atoms with E-state index in [2.05, 4.69) is 5.32 Å². The van der Waals surface area contributed by atoms with Gasteiger partial charge in [-0.2, -0.15) is 0 Å². The first-order valence-electron chi connectivity index (χ1n) is 4.74. The molecule has 82 valence electrons. The van der Waals surface area contributed by atoms with Crippen LogP contribution >= 0.6 is 11.6 Å². The highest BCUT2D eigenvalue weighted by Crippen LogP contribution is 2.07. The van der Waals surface area contributed by atoms with Gasteiger partial charge in [-0.3, -0.25) is 4.79 Å². The normalized spacial score (nSPS) is 12.2. The van der Waals surface area contributed by atoms with Gasteiger partial charge in [0.05, 0.1) is 6.10 Å². The minimum Gasteiger partial charge on any atom is -0.392 e. The Bertz CT molecular complexity index is 339. The van der Waals surface area contributed by atoms with Crippen molar-refractivity contribution in [3.05, 3.63) is 35.4 Å². The van der Waals surface area contributed by atoms with Gasteiger partial charge in [-0.15, -0.1) is 11.6 Å². The van der Waals surface area contributed by atoms with Crippen molar-refractivity contribution >= 4 is 17.5 Å². The summed E-state index contributed by atoms with van der Waals surface area (Å²) in [6.07, 6.45) is -0.537. The smallest absolute Gasteiger partial charge is 0.251 e. The fourth-order valence-corrected chi connectivity index (χ4v) is 1.30. The van der Waals surface area contributed by atoms with E-state index in [4.69, 9.17) is 16.7 Å². The second-order valence-electron chi connectivity index (χ2n) is 3.39. The van der Waals surface area contributed by atoms with Gasteiger partial charge in [0.2, 0.25) is 0 Å². The van der Waals surface area contributed by atoms with Crippen molar-refractivity contribution in [2.45, 2.75) is 18.9 Å². The maximum absolute atomic E-state index is 11.6. The van der Waals surface area contributed by atoms with Crippen molar-refractivity contribution in [1.82, 2.24) is 5.32 Å². The van der Waals surface area contributed by atoms with Crippen LogP contribution in [0.25, 0.3) is 0 Å². The van der Waals surface area contributed by atoms with Crippen molar-refractivity contribution in [3.63, 3.8) is 0 Å². The molecule has 1 unspecified atom stereocenters. The summed E-state index contributed by atoms with van der Waals surface area (Å²) in [6.45, 7) is 1.87. The second-order valence-corrected chi connectivity index (χ2v) is 3.66. The molecule has 1 amide bonds. The van der Waals surface area contributed by atoms with E-state index in [1.165, 1.54) is 0 Å². The van der Waals surface area contributed by atoms with Crippen LogP contribution in [0.1, 0.15) is 22.8 Å². The van der Waals surface area contributed by atoms with Crippen molar-refractivity contribution in [2.24, 2.45) is 0 Å². The molecule has 1 aromatic carbocycles. The number of rotatable bonds is 4. The molecular formula is C11H14ClNO2. The largest absolute Gasteiger partial charge is 0.392 e. The molecule has 0 aromatic heterocycles. The number of amides is 1. The molecular weight excluding hydrogens is 214 g/mol. The van der Waals surface area contributed by atoms with E-state index < -0.39 is 6.10 Å². The highest BCUT2D eigenvalue weighted by Gasteiger charge is 2.06. The minimum atomic E-state index is -0.537. The monoisotopic (exact) mass is 227 g/mol. The number of halogens is 1. The van der Waals surface area contributed by atoms with Crippen LogP contribution in [0.5, 0.6) is 0 Å². The molecule has 1 rings (SSSR count). The lowest BCUT2D eigenvalue weighted by molar-refractivity contribution is 0.0924. The SMILES string of the molecule is CC(O)CNC(=O)c1cccc(CCl)c1. The van der Waals surface area contributed by atoms with Crippen molar-refractivity contribution in [1.29, 1.82) is 0 Å². The molecule has 0 saturated heterocycles. The number of benzene rings is 1. The molecule has 0 aliphatic rings. The Hall–Kier alpha value is -1.06. The lowest BCUT2D eigenvalue weighted by Crippen LogP contribution is -2.30. The topological polar surface area (TPSA) is 49.3 Å². The Morgan fingerprint density at radius 1 is 1.60 bits per heavy atom. The molecule has 1 aromatic rings. The summed E-state index contributed by atoms with van der Waals surface area (Å²) in [7, 11) is 0. The fraction of sp³-hybridized carbons (Fsp3) is 0.364. The Morgan fingerprint density at radius 3 is 2.93 bits per heavy atom. The number of nitrogens with one attached hydrogen (secondary N) is 1. The number of carbonyl (C=O) groups is 1. The first-order valence-corrected chi connectivity index (χ1v) is 5.28. The van der Waals surface area contributed by atoms with E-state index in [0.717, 1.165) is 5.56 Å². The van der Waals surface area contributed by atoms with Crippen LogP contribution in [0.4, 0.5) is 0 Å². The third-order valence-corrected chi connectivity index (χ3v) is 2.21. The zero-order valence-electron chi connectivity index (χ0n) is 8.53. The van der Waals surface area contributed by atoms with Gasteiger partial charge >= 0.3 is 0 Å². The maximum atomic E-state index is 11.6. The summed E-state index contributed by atoms with van der Waals surface area (Å²) in [5, 5.41) is 11.6. The second kappa shape index (κ2) is 5.73. The van der Waals surface area contributed by atoms with E-state index >= 15 is 0 Å². The Labute approximate surface area is 94.1 Å². The number of carbonyl (C=O) groups excluding carboxylic acids is 1. The molecule has 1 atom stereocenters. The van der Waals surface area contributed by atoms with Gasteiger partial charge in [0.1, 0.15) is 0 Å². The summed E-state index contributed by atoms with van der Waals surface area (Å²) in [6, 6.07) is 7.10. The van der Waals surface area contributed by atoms with E-state index in [0.29, 0.717) is 11.4 Å². The molecule has 2 N–H and O–H groups in total. The molecule has 0 radical (unpaired) electrons. The summed E-state index contributed by atoms with van der Waals surface area (Å²) in [5.41, 5.74) is 1.47. The average molecular weight is 228 g/mol. The zero-order chi connectivity index (χ0) is 11.3. The van der Waals surface area contributed by atoms with Crippen LogP contribution in [-0.4, -0.2) is 23.7 Å². The van der Waals surface area contributed by atoms with E-state index in [9.17, 15) is 4.79 Å². The molecule has 0 aliphatic carbocycles. The van der Waals surface area contributed by atoms with Crippen molar-refractivity contribution in [2.75, 3.05) is 6.54 Å². The predicted octanol–water partition coefficient (Wildman–Crippen LogP) is 1.54. The summed E-state index contributed by atoms with van der Waals surface area (Å²) < 4.78 is 0. The molecule has 0 bridgehead atoms. The summed E-state index contributed by atoms with van der Waals surface area (Å²) in [5.74, 6) is 0.195. The fourth-order valence-electron chi connectivity index (χ4n) is 1.14. The van der Waals surface area contributed by atoms with Crippen LogP contribution in [0, 0.1) is 0 Å². The van der Waals surface area contributed by atoms with Crippen LogP contribution in [0.15, 0.2) is 24.3 Å². The molecule has 0 spiro atoms. The lowest BCUT2D eigenvalue weighted by atomic mass is 10.1. The first kappa shape index (κ1) is 12.0. The van der Waals surface area contributed by atoms with Crippen LogP contribution in [-0.2, 0) is 5.88 Å². The van der Waals surface area contributed by atoms with Gasteiger partial charge in [-0.25, -0.2) is 0 Å². The predicted molar refractivity (Wildman–Crippen MR) is 60.0 cm³/mol. The molecule has 0 fully saturated rings. The van der Waals surface area contributed by atoms with Gasteiger partial charge in [-0.1, -0.05) is 12.1 Å². The van der Waals surface area contributed by atoms with Crippen LogP contribution in [0.2, 0.25) is 0 Å². The summed E-state index contributed by atoms with van der Waals surface area (Å²) >= 11 is 5.66. The van der Waals surface area contributed by atoms with Gasteiger partial charge in [0, 0.05) is 18.0 Å². The molecule has 4 heteroatoms. The van der Waals surface area contributed by atoms with Crippen LogP contribution in [0.3, 0.4) is 0 Å². The minimum absolute atomic E-state index is 0.192. The molecule has 0 aliphatic heterocycles. The number of hydrogen-bond acceptors (Lipinski definition) is 2. The summed E-state index contributed by atoms with van der Waals surface area (Å²) in [4.78, 5) is 11.6. The molecule has 3 nitrogen and oxygen atoms in total. The maximum Gasteiger partial charge on any atom is 0.251 e. The molecule has 0 heterocycles. The number of aliphatic hydroxyl groups is 1. The van der Waals surface area contributed by atoms with E-state index in [1.54, 1.807) is 25.1 Å². The van der Waals surface area contributed by atoms with E-state index in [-0.39, 0.29) is 12.5 Å². The Balaban J connectivity index is 2.65. The molecule has 15 heavy (non-hydrogen) atoms. The lowest BCUT2D eigenvalue weighted by Gasteiger charge is -2.07. The quantitative estimate of drug-likeness (QED) is 0.767. The van der Waals surface area contributed by atoms with Gasteiger partial charge in [-0.05, 0) is 24.6 Å². The van der Waals surface area contributed by atoms with Crippen molar-refractivity contribution < 1.29 is 9.90 Å². The average Bonchev–Trinajstić information content (AvgIpc) is 2.26. The van der Waals surface area contributed by atoms with Crippen molar-refractivity contribution in [3.8, 4) is 0 Å². The highest BCUT2D eigenvalue weighted by atomic mass is 35.5. The van der Waals surface area contributed by atoms with E-state index in [1.807, 2.05) is 6.07 Å². The van der Waals surface area contributed by atoms with Gasteiger partial charge < -0.3 is 10.4 Å². The highest BCUT2D eigenvalue weighted by molar-refractivity contribution is 6.17. The first-order chi connectivity index (χ1) is 7.13. The third kappa shape index (κ3) is 3.90.